The number of aryl methyl sites for hydroxylation is 1. The van der Waals surface area contributed by atoms with Gasteiger partial charge in [0.05, 0.1) is 6.61 Å². The zero-order valence-electron chi connectivity index (χ0n) is 15.6. The number of amides is 1. The van der Waals surface area contributed by atoms with Gasteiger partial charge in [-0.15, -0.1) is 0 Å². The fourth-order valence-corrected chi connectivity index (χ4v) is 3.25. The van der Waals surface area contributed by atoms with Gasteiger partial charge in [0.15, 0.2) is 0 Å². The summed E-state index contributed by atoms with van der Waals surface area (Å²) in [6, 6.07) is 8.99. The Bertz CT molecular complexity index is 952. The summed E-state index contributed by atoms with van der Waals surface area (Å²) < 4.78 is 5.69. The van der Waals surface area contributed by atoms with Crippen LogP contribution in [0.2, 0.25) is 5.02 Å². The maximum atomic E-state index is 12.0. The fourth-order valence-electron chi connectivity index (χ4n) is 3.14. The Hall–Kier alpha value is -2.57. The van der Waals surface area contributed by atoms with Crippen LogP contribution in [0.15, 0.2) is 41.2 Å². The van der Waals surface area contributed by atoms with Crippen molar-refractivity contribution < 1.29 is 14.6 Å². The average molecular weight is 403 g/mol. The average Bonchev–Trinajstić information content (AvgIpc) is 3.08. The maximum Gasteiger partial charge on any atom is 0.267 e. The highest BCUT2D eigenvalue weighted by molar-refractivity contribution is 6.30. The number of halogens is 1. The predicted octanol–water partition coefficient (Wildman–Crippen LogP) is 2.81. The van der Waals surface area contributed by atoms with Gasteiger partial charge in [-0.2, -0.15) is 0 Å². The number of benzene rings is 1. The highest BCUT2D eigenvalue weighted by Crippen LogP contribution is 2.28. The molecule has 1 aromatic carbocycles. The number of aliphatic hydroxyl groups excluding tert-OH is 1. The molecule has 6 nitrogen and oxygen atoms in total. The van der Waals surface area contributed by atoms with Crippen molar-refractivity contribution in [2.45, 2.75) is 32.2 Å². The van der Waals surface area contributed by atoms with Crippen molar-refractivity contribution in [1.82, 2.24) is 10.3 Å². The van der Waals surface area contributed by atoms with Crippen LogP contribution in [0.4, 0.5) is 0 Å². The minimum Gasteiger partial charge on any atom is -0.493 e. The van der Waals surface area contributed by atoms with E-state index in [1.54, 1.807) is 12.1 Å². The SMILES string of the molecule is Cc1cc(C(=C[C@H]2CCC(=O)N2)c2ccc(Cl)c(=O)[nH]2)ccc1OCCCO. The normalized spacial score (nSPS) is 16.9. The Morgan fingerprint density at radius 1 is 1.32 bits per heavy atom. The Morgan fingerprint density at radius 3 is 2.79 bits per heavy atom. The van der Waals surface area contributed by atoms with E-state index in [4.69, 9.17) is 21.4 Å². The highest BCUT2D eigenvalue weighted by atomic mass is 35.5. The van der Waals surface area contributed by atoms with Crippen molar-refractivity contribution >= 4 is 23.1 Å². The van der Waals surface area contributed by atoms with Crippen molar-refractivity contribution in [3.63, 3.8) is 0 Å². The summed E-state index contributed by atoms with van der Waals surface area (Å²) in [5.74, 6) is 0.768. The second-order valence-electron chi connectivity index (χ2n) is 6.75. The topological polar surface area (TPSA) is 91.4 Å². The number of carbonyl (C=O) groups excluding carboxylic acids is 1. The zero-order valence-corrected chi connectivity index (χ0v) is 16.4. The van der Waals surface area contributed by atoms with E-state index >= 15 is 0 Å². The molecule has 1 atom stereocenters. The van der Waals surface area contributed by atoms with Crippen molar-refractivity contribution in [1.29, 1.82) is 0 Å². The van der Waals surface area contributed by atoms with E-state index in [1.807, 2.05) is 31.2 Å². The van der Waals surface area contributed by atoms with Crippen LogP contribution in [-0.4, -0.2) is 35.3 Å². The number of rotatable bonds is 7. The number of hydrogen-bond donors (Lipinski definition) is 3. The van der Waals surface area contributed by atoms with E-state index < -0.39 is 0 Å². The number of pyridine rings is 1. The molecule has 0 saturated carbocycles. The van der Waals surface area contributed by atoms with E-state index in [2.05, 4.69) is 10.3 Å². The lowest BCUT2D eigenvalue weighted by Gasteiger charge is -2.15. The summed E-state index contributed by atoms with van der Waals surface area (Å²) in [7, 11) is 0. The second-order valence-corrected chi connectivity index (χ2v) is 7.16. The molecule has 1 aliphatic heterocycles. The first-order valence-corrected chi connectivity index (χ1v) is 9.61. The summed E-state index contributed by atoms with van der Waals surface area (Å²) in [5.41, 5.74) is 2.91. The Kier molecular flexibility index (Phi) is 6.54. The molecule has 3 rings (SSSR count). The van der Waals surface area contributed by atoms with Crippen LogP contribution in [0.1, 0.15) is 36.1 Å². The van der Waals surface area contributed by atoms with E-state index in [9.17, 15) is 9.59 Å². The van der Waals surface area contributed by atoms with Gasteiger partial charge in [0.2, 0.25) is 5.91 Å². The number of ether oxygens (including phenoxy) is 1. The van der Waals surface area contributed by atoms with Crippen LogP contribution in [0, 0.1) is 6.92 Å². The molecule has 7 heteroatoms. The van der Waals surface area contributed by atoms with Crippen molar-refractivity contribution in [2.75, 3.05) is 13.2 Å². The van der Waals surface area contributed by atoms with Crippen LogP contribution in [0.3, 0.4) is 0 Å². The summed E-state index contributed by atoms with van der Waals surface area (Å²) in [5, 5.41) is 12.0. The number of nitrogens with one attached hydrogen (secondary N) is 2. The van der Waals surface area contributed by atoms with Gasteiger partial charge in [0.25, 0.3) is 5.56 Å². The molecule has 1 saturated heterocycles. The van der Waals surface area contributed by atoms with Gasteiger partial charge < -0.3 is 20.1 Å². The molecule has 28 heavy (non-hydrogen) atoms. The quantitative estimate of drug-likeness (QED) is 0.621. The summed E-state index contributed by atoms with van der Waals surface area (Å²) >= 11 is 5.87. The van der Waals surface area contributed by atoms with Gasteiger partial charge in [-0.1, -0.05) is 23.7 Å². The third-order valence-electron chi connectivity index (χ3n) is 4.59. The molecule has 2 heterocycles. The van der Waals surface area contributed by atoms with Crippen LogP contribution >= 0.6 is 11.6 Å². The summed E-state index contributed by atoms with van der Waals surface area (Å²) in [6.07, 6.45) is 3.73. The van der Waals surface area contributed by atoms with Gasteiger partial charge in [0.1, 0.15) is 10.8 Å². The molecule has 0 bridgehead atoms. The molecule has 1 aromatic heterocycles. The van der Waals surface area contributed by atoms with Crippen molar-refractivity contribution in [2.24, 2.45) is 0 Å². The monoisotopic (exact) mass is 402 g/mol. The maximum absolute atomic E-state index is 12.0. The zero-order chi connectivity index (χ0) is 20.1. The van der Waals surface area contributed by atoms with Crippen LogP contribution in [-0.2, 0) is 4.79 Å². The first-order valence-electron chi connectivity index (χ1n) is 9.23. The van der Waals surface area contributed by atoms with Gasteiger partial charge in [-0.25, -0.2) is 0 Å². The first kappa shape index (κ1) is 20.2. The number of aromatic nitrogens is 1. The van der Waals surface area contributed by atoms with E-state index in [-0.39, 0.29) is 29.1 Å². The summed E-state index contributed by atoms with van der Waals surface area (Å²) in [4.78, 5) is 26.4. The Balaban J connectivity index is 1.97. The van der Waals surface area contributed by atoms with Crippen molar-refractivity contribution in [3.8, 4) is 5.75 Å². The largest absolute Gasteiger partial charge is 0.493 e. The lowest BCUT2D eigenvalue weighted by atomic mass is 9.97. The molecule has 3 N–H and O–H groups in total. The van der Waals surface area contributed by atoms with Crippen LogP contribution in [0.5, 0.6) is 5.75 Å². The molecule has 0 radical (unpaired) electrons. The molecule has 0 spiro atoms. The van der Waals surface area contributed by atoms with E-state index in [0.717, 1.165) is 22.4 Å². The molecule has 1 fully saturated rings. The van der Waals surface area contributed by atoms with Crippen LogP contribution in [0.25, 0.3) is 5.57 Å². The number of H-pyrrole nitrogens is 1. The first-order chi connectivity index (χ1) is 13.5. The fraction of sp³-hybridized carbons (Fsp3) is 0.333. The highest BCUT2D eigenvalue weighted by Gasteiger charge is 2.20. The third kappa shape index (κ3) is 4.82. The van der Waals surface area contributed by atoms with Gasteiger partial charge >= 0.3 is 0 Å². The number of carbonyl (C=O) groups is 1. The van der Waals surface area contributed by atoms with Crippen molar-refractivity contribution in [3.05, 3.63) is 68.6 Å². The number of hydrogen-bond acceptors (Lipinski definition) is 4. The number of aliphatic hydroxyl groups is 1. The predicted molar refractivity (Wildman–Crippen MR) is 109 cm³/mol. The van der Waals surface area contributed by atoms with Gasteiger partial charge in [-0.3, -0.25) is 9.59 Å². The molecule has 1 aliphatic rings. The standard InChI is InChI=1S/C21H23ClN2O4/c1-13-11-14(3-7-19(13)28-10-2-9-25)16(12-15-4-8-20(26)23-15)18-6-5-17(22)21(27)24-18/h3,5-7,11-12,15,25H,2,4,8-10H2,1H3,(H,23,26)(H,24,27)/t15-/m1/s1. The smallest absolute Gasteiger partial charge is 0.267 e. The Labute approximate surface area is 168 Å². The molecule has 0 aliphatic carbocycles. The minimum atomic E-state index is -0.360. The Morgan fingerprint density at radius 2 is 2.14 bits per heavy atom. The minimum absolute atomic E-state index is 0.0222. The van der Waals surface area contributed by atoms with Gasteiger partial charge in [0, 0.05) is 36.8 Å². The molecule has 0 unspecified atom stereocenters. The molecule has 148 valence electrons. The van der Waals surface area contributed by atoms with Gasteiger partial charge in [-0.05, 0) is 48.7 Å². The summed E-state index contributed by atoms with van der Waals surface area (Å²) in [6.45, 7) is 2.47. The molecule has 2 aromatic rings. The van der Waals surface area contributed by atoms with E-state index in [0.29, 0.717) is 31.6 Å². The van der Waals surface area contributed by atoms with Crippen LogP contribution < -0.4 is 15.6 Å². The lowest BCUT2D eigenvalue weighted by molar-refractivity contribution is -0.119. The number of aromatic amines is 1. The molecular weight excluding hydrogens is 380 g/mol. The molecule has 1 amide bonds. The second kappa shape index (κ2) is 9.08. The lowest BCUT2D eigenvalue weighted by Crippen LogP contribution is -2.23. The third-order valence-corrected chi connectivity index (χ3v) is 4.89. The molecular formula is C21H23ClN2O4. The van der Waals surface area contributed by atoms with E-state index in [1.165, 1.54) is 0 Å².